The zero-order valence-corrected chi connectivity index (χ0v) is 16.9. The van der Waals surface area contributed by atoms with Crippen molar-refractivity contribution in [2.75, 3.05) is 6.54 Å². The number of hydrazine groups is 1. The third kappa shape index (κ3) is 4.69. The van der Waals surface area contributed by atoms with Gasteiger partial charge in [-0.05, 0) is 56.2 Å². The molecule has 1 amide bonds. The largest absolute Gasteiger partial charge is 0.403 e. The van der Waals surface area contributed by atoms with Crippen LogP contribution in [0.4, 0.5) is 0 Å². The normalized spacial score (nSPS) is 21.8. The number of hydrogen-bond donors (Lipinski definition) is 3. The second kappa shape index (κ2) is 9.44. The van der Waals surface area contributed by atoms with Crippen molar-refractivity contribution in [1.29, 1.82) is 5.26 Å². The molecule has 152 valence electrons. The summed E-state index contributed by atoms with van der Waals surface area (Å²) in [7, 11) is 0. The first-order chi connectivity index (χ1) is 14.1. The molecule has 0 aliphatic heterocycles. The summed E-state index contributed by atoms with van der Waals surface area (Å²) in [6, 6.07) is 10.5. The Hall–Kier alpha value is -3.04. The predicted molar refractivity (Wildman–Crippen MR) is 115 cm³/mol. The summed E-state index contributed by atoms with van der Waals surface area (Å²) in [5, 5.41) is 13.6. The van der Waals surface area contributed by atoms with E-state index in [9.17, 15) is 4.79 Å². The van der Waals surface area contributed by atoms with E-state index in [0.29, 0.717) is 6.54 Å². The fraction of sp³-hybridized carbons (Fsp3) is 0.391. The fourth-order valence-electron chi connectivity index (χ4n) is 4.12. The van der Waals surface area contributed by atoms with Crippen LogP contribution in [0.1, 0.15) is 50.2 Å². The summed E-state index contributed by atoms with van der Waals surface area (Å²) < 4.78 is 0. The number of benzene rings is 1. The van der Waals surface area contributed by atoms with Crippen LogP contribution in [0.3, 0.4) is 0 Å². The third-order valence-corrected chi connectivity index (χ3v) is 5.80. The lowest BCUT2D eigenvalue weighted by molar-refractivity contribution is -0.124. The minimum absolute atomic E-state index is 0.0111. The molecular formula is C23H29N5O. The molecule has 1 saturated carbocycles. The van der Waals surface area contributed by atoms with E-state index in [2.05, 4.69) is 23.5 Å². The average molecular weight is 392 g/mol. The van der Waals surface area contributed by atoms with Crippen LogP contribution in [0.15, 0.2) is 48.2 Å². The number of nitrogens with two attached hydrogens (primary N) is 2. The quantitative estimate of drug-likeness (QED) is 0.510. The molecule has 5 N–H and O–H groups in total. The van der Waals surface area contributed by atoms with E-state index in [1.165, 1.54) is 11.8 Å². The molecule has 0 bridgehead atoms. The molecule has 2 atom stereocenters. The number of nitrogens with zero attached hydrogens (tertiary/aromatic N) is 2. The standard InChI is InChI=1S/C23H29N5O/c1-2-27-23(29)20-11-12-21(13-20)28(26)22(15-25)19-9-7-18(8-10-19)17-5-3-16(14-24)4-6-17/h3,5,7-10,15,20-21H,2,4,6,11-13,25-26H2,1H3,(H,27,29)/b22-15-. The molecule has 29 heavy (non-hydrogen) atoms. The summed E-state index contributed by atoms with van der Waals surface area (Å²) in [5.74, 6) is 6.54. The molecule has 2 aliphatic rings. The smallest absolute Gasteiger partial charge is 0.223 e. The first-order valence-corrected chi connectivity index (χ1v) is 10.2. The van der Waals surface area contributed by atoms with Crippen molar-refractivity contribution in [3.8, 4) is 6.07 Å². The van der Waals surface area contributed by atoms with Crippen molar-refractivity contribution in [2.45, 2.75) is 45.1 Å². The maximum absolute atomic E-state index is 12.1. The number of carbonyl (C=O) groups excluding carboxylic acids is 1. The lowest BCUT2D eigenvalue weighted by atomic mass is 9.93. The van der Waals surface area contributed by atoms with Crippen molar-refractivity contribution >= 4 is 17.2 Å². The molecule has 0 spiro atoms. The Morgan fingerprint density at radius 3 is 2.62 bits per heavy atom. The lowest BCUT2D eigenvalue weighted by Crippen LogP contribution is -2.39. The zero-order chi connectivity index (χ0) is 20.8. The van der Waals surface area contributed by atoms with Gasteiger partial charge in [-0.1, -0.05) is 30.3 Å². The maximum Gasteiger partial charge on any atom is 0.223 e. The molecular weight excluding hydrogens is 362 g/mol. The van der Waals surface area contributed by atoms with E-state index in [1.54, 1.807) is 5.01 Å². The number of nitrogens with one attached hydrogen (secondary N) is 1. The van der Waals surface area contributed by atoms with E-state index < -0.39 is 0 Å². The van der Waals surface area contributed by atoms with Crippen LogP contribution in [-0.2, 0) is 4.79 Å². The first kappa shape index (κ1) is 20.7. The molecule has 0 radical (unpaired) electrons. The number of amides is 1. The van der Waals surface area contributed by atoms with Crippen LogP contribution in [0.2, 0.25) is 0 Å². The maximum atomic E-state index is 12.1. The van der Waals surface area contributed by atoms with Gasteiger partial charge in [0.25, 0.3) is 0 Å². The summed E-state index contributed by atoms with van der Waals surface area (Å²) in [5.41, 5.74) is 10.8. The minimum atomic E-state index is 0.0111. The second-order valence-electron chi connectivity index (χ2n) is 7.59. The van der Waals surface area contributed by atoms with E-state index in [0.717, 1.165) is 54.5 Å². The van der Waals surface area contributed by atoms with Crippen molar-refractivity contribution in [2.24, 2.45) is 17.5 Å². The van der Waals surface area contributed by atoms with Gasteiger partial charge < -0.3 is 16.1 Å². The Bertz CT molecular complexity index is 876. The van der Waals surface area contributed by atoms with E-state index in [1.807, 2.05) is 31.2 Å². The zero-order valence-electron chi connectivity index (χ0n) is 16.9. The van der Waals surface area contributed by atoms with Crippen molar-refractivity contribution in [3.05, 3.63) is 59.3 Å². The van der Waals surface area contributed by atoms with Crippen LogP contribution >= 0.6 is 0 Å². The first-order valence-electron chi connectivity index (χ1n) is 10.2. The van der Waals surface area contributed by atoms with Gasteiger partial charge in [-0.15, -0.1) is 0 Å². The number of carbonyl (C=O) groups is 1. The van der Waals surface area contributed by atoms with Gasteiger partial charge in [0.15, 0.2) is 0 Å². The van der Waals surface area contributed by atoms with Crippen molar-refractivity contribution < 1.29 is 4.79 Å². The Labute approximate surface area is 172 Å². The van der Waals surface area contributed by atoms with E-state index in [4.69, 9.17) is 16.8 Å². The van der Waals surface area contributed by atoms with Gasteiger partial charge in [-0.3, -0.25) is 4.79 Å². The monoisotopic (exact) mass is 391 g/mol. The molecule has 6 heteroatoms. The van der Waals surface area contributed by atoms with Gasteiger partial charge in [0, 0.05) is 35.8 Å². The molecule has 1 aromatic rings. The Kier molecular flexibility index (Phi) is 6.73. The molecule has 0 saturated heterocycles. The third-order valence-electron chi connectivity index (χ3n) is 5.80. The molecule has 2 unspecified atom stereocenters. The van der Waals surface area contributed by atoms with Crippen LogP contribution in [-0.4, -0.2) is 23.5 Å². The lowest BCUT2D eigenvalue weighted by Gasteiger charge is -2.28. The highest BCUT2D eigenvalue weighted by Crippen LogP contribution is 2.33. The number of allylic oxidation sites excluding steroid dienone is 4. The highest BCUT2D eigenvalue weighted by Gasteiger charge is 2.33. The van der Waals surface area contributed by atoms with Gasteiger partial charge in [0.1, 0.15) is 0 Å². The number of nitriles is 1. The number of hydrogen-bond acceptors (Lipinski definition) is 5. The van der Waals surface area contributed by atoms with Gasteiger partial charge in [-0.25, -0.2) is 5.84 Å². The van der Waals surface area contributed by atoms with Crippen molar-refractivity contribution in [1.82, 2.24) is 10.3 Å². The van der Waals surface area contributed by atoms with Crippen LogP contribution in [0.25, 0.3) is 11.3 Å². The van der Waals surface area contributed by atoms with E-state index in [-0.39, 0.29) is 17.9 Å². The highest BCUT2D eigenvalue weighted by atomic mass is 16.1. The summed E-state index contributed by atoms with van der Waals surface area (Å²) in [6.45, 7) is 2.58. The van der Waals surface area contributed by atoms with E-state index >= 15 is 0 Å². The van der Waals surface area contributed by atoms with Gasteiger partial charge in [0.2, 0.25) is 5.91 Å². The fourth-order valence-corrected chi connectivity index (χ4v) is 4.12. The minimum Gasteiger partial charge on any atom is -0.403 e. The van der Waals surface area contributed by atoms with Gasteiger partial charge >= 0.3 is 0 Å². The Balaban J connectivity index is 1.69. The highest BCUT2D eigenvalue weighted by molar-refractivity contribution is 5.79. The topological polar surface area (TPSA) is 108 Å². The SMILES string of the molecule is CCNC(=O)C1CCC(N(N)/C(=C\N)c2ccc(C3=CC=C(C#N)CC3)cc2)C1. The van der Waals surface area contributed by atoms with Crippen LogP contribution < -0.4 is 16.9 Å². The molecule has 2 aliphatic carbocycles. The molecule has 6 nitrogen and oxygen atoms in total. The summed E-state index contributed by atoms with van der Waals surface area (Å²) in [4.78, 5) is 12.1. The average Bonchev–Trinajstić information content (AvgIpc) is 3.25. The van der Waals surface area contributed by atoms with Crippen LogP contribution in [0.5, 0.6) is 0 Å². The second-order valence-corrected chi connectivity index (χ2v) is 7.59. The molecule has 0 heterocycles. The molecule has 1 fully saturated rings. The summed E-state index contributed by atoms with van der Waals surface area (Å²) in [6.07, 6.45) is 9.54. The number of rotatable bonds is 6. The van der Waals surface area contributed by atoms with Crippen molar-refractivity contribution in [3.63, 3.8) is 0 Å². The molecule has 3 rings (SSSR count). The Morgan fingerprint density at radius 1 is 1.28 bits per heavy atom. The Morgan fingerprint density at radius 2 is 2.03 bits per heavy atom. The molecule has 1 aromatic carbocycles. The summed E-state index contributed by atoms with van der Waals surface area (Å²) >= 11 is 0. The molecule has 0 aromatic heterocycles. The van der Waals surface area contributed by atoms with Gasteiger partial charge in [0.05, 0.1) is 11.8 Å². The van der Waals surface area contributed by atoms with Gasteiger partial charge in [-0.2, -0.15) is 5.26 Å². The van der Waals surface area contributed by atoms with Crippen LogP contribution in [0, 0.1) is 17.2 Å². The predicted octanol–water partition coefficient (Wildman–Crippen LogP) is 3.05.